The zero-order valence-electron chi connectivity index (χ0n) is 11.1. The highest BCUT2D eigenvalue weighted by atomic mass is 16.5. The van der Waals surface area contributed by atoms with Gasteiger partial charge in [-0.1, -0.05) is 0 Å². The zero-order valence-corrected chi connectivity index (χ0v) is 11.1. The fourth-order valence-corrected chi connectivity index (χ4v) is 2.07. The van der Waals surface area contributed by atoms with E-state index in [-0.39, 0.29) is 17.7 Å². The van der Waals surface area contributed by atoms with Gasteiger partial charge in [-0.2, -0.15) is 0 Å². The Kier molecular flexibility index (Phi) is 4.93. The van der Waals surface area contributed by atoms with Crippen LogP contribution in [0.1, 0.15) is 19.8 Å². The number of hydrogen-bond acceptors (Lipinski definition) is 3. The van der Waals surface area contributed by atoms with Crippen LogP contribution >= 0.6 is 0 Å². The minimum absolute atomic E-state index is 0.0169. The summed E-state index contributed by atoms with van der Waals surface area (Å²) < 4.78 is 5.01. The van der Waals surface area contributed by atoms with Crippen LogP contribution in [0.2, 0.25) is 0 Å². The molecule has 0 aromatic rings. The van der Waals surface area contributed by atoms with Crippen molar-refractivity contribution in [1.29, 1.82) is 0 Å². The molecule has 1 aliphatic rings. The number of piperidine rings is 1. The van der Waals surface area contributed by atoms with Gasteiger partial charge in [0.2, 0.25) is 5.91 Å². The van der Waals surface area contributed by atoms with E-state index in [9.17, 15) is 9.59 Å². The van der Waals surface area contributed by atoms with Crippen molar-refractivity contribution >= 4 is 11.8 Å². The first-order valence-electron chi connectivity index (χ1n) is 6.00. The maximum absolute atomic E-state index is 11.8. The molecular formula is C12H22N2O3. The molecule has 0 aromatic heterocycles. The summed E-state index contributed by atoms with van der Waals surface area (Å²) in [7, 11) is 5.07. The normalized spacial score (nSPS) is 18.9. The van der Waals surface area contributed by atoms with Gasteiger partial charge in [-0.3, -0.25) is 9.59 Å². The van der Waals surface area contributed by atoms with Crippen molar-refractivity contribution in [3.63, 3.8) is 0 Å². The lowest BCUT2D eigenvalue weighted by Gasteiger charge is -2.33. The number of amides is 2. The highest BCUT2D eigenvalue weighted by molar-refractivity contribution is 5.82. The molecule has 1 saturated heterocycles. The Labute approximate surface area is 103 Å². The van der Waals surface area contributed by atoms with Crippen LogP contribution in [0.3, 0.4) is 0 Å². The minimum atomic E-state index is -0.392. The Balaban J connectivity index is 2.46. The van der Waals surface area contributed by atoms with Crippen molar-refractivity contribution in [3.05, 3.63) is 0 Å². The van der Waals surface area contributed by atoms with Crippen LogP contribution in [-0.4, -0.2) is 62.0 Å². The number of carbonyl (C=O) groups excluding carboxylic acids is 2. The van der Waals surface area contributed by atoms with E-state index in [2.05, 4.69) is 0 Å². The molecule has 1 aliphatic heterocycles. The second kappa shape index (κ2) is 6.00. The lowest BCUT2D eigenvalue weighted by Crippen LogP contribution is -2.46. The quantitative estimate of drug-likeness (QED) is 0.717. The van der Waals surface area contributed by atoms with Crippen molar-refractivity contribution in [2.75, 3.05) is 34.3 Å². The third kappa shape index (κ3) is 3.43. The summed E-state index contributed by atoms with van der Waals surface area (Å²) in [6.45, 7) is 3.05. The summed E-state index contributed by atoms with van der Waals surface area (Å²) in [5.41, 5.74) is 0. The lowest BCUT2D eigenvalue weighted by atomic mass is 9.95. The summed E-state index contributed by atoms with van der Waals surface area (Å²) in [6, 6.07) is 0. The molecule has 0 aromatic carbocycles. The summed E-state index contributed by atoms with van der Waals surface area (Å²) in [5.74, 6) is 0.243. The monoisotopic (exact) mass is 242 g/mol. The van der Waals surface area contributed by atoms with Crippen molar-refractivity contribution in [2.45, 2.75) is 25.9 Å². The zero-order chi connectivity index (χ0) is 13.0. The van der Waals surface area contributed by atoms with Crippen LogP contribution in [0.15, 0.2) is 0 Å². The molecule has 1 atom stereocenters. The van der Waals surface area contributed by atoms with E-state index in [1.807, 2.05) is 0 Å². The topological polar surface area (TPSA) is 49.9 Å². The first-order chi connectivity index (χ1) is 7.97. The molecule has 0 N–H and O–H groups in total. The van der Waals surface area contributed by atoms with E-state index < -0.39 is 6.10 Å². The van der Waals surface area contributed by atoms with Crippen LogP contribution in [-0.2, 0) is 14.3 Å². The minimum Gasteiger partial charge on any atom is -0.372 e. The average molecular weight is 242 g/mol. The van der Waals surface area contributed by atoms with Crippen LogP contribution in [0.25, 0.3) is 0 Å². The smallest absolute Gasteiger partial charge is 0.251 e. The van der Waals surface area contributed by atoms with Crippen LogP contribution in [0.5, 0.6) is 0 Å². The predicted octanol–water partition coefficient (Wildman–Crippen LogP) is 0.348. The van der Waals surface area contributed by atoms with Crippen molar-refractivity contribution in [2.24, 2.45) is 5.92 Å². The van der Waals surface area contributed by atoms with Gasteiger partial charge < -0.3 is 14.5 Å². The van der Waals surface area contributed by atoms with Crippen molar-refractivity contribution in [1.82, 2.24) is 9.80 Å². The predicted molar refractivity (Wildman–Crippen MR) is 64.5 cm³/mol. The maximum atomic E-state index is 11.8. The molecule has 5 heteroatoms. The van der Waals surface area contributed by atoms with Gasteiger partial charge in [0.25, 0.3) is 5.91 Å². The number of hydrogen-bond donors (Lipinski definition) is 0. The molecule has 1 heterocycles. The lowest BCUT2D eigenvalue weighted by molar-refractivity contribution is -0.145. The number of nitrogens with zero attached hydrogens (tertiary/aromatic N) is 2. The van der Waals surface area contributed by atoms with Crippen molar-refractivity contribution < 1.29 is 14.3 Å². The van der Waals surface area contributed by atoms with E-state index in [0.29, 0.717) is 13.1 Å². The molecule has 0 radical (unpaired) electrons. The Bertz CT molecular complexity index is 283. The largest absolute Gasteiger partial charge is 0.372 e. The van der Waals surface area contributed by atoms with E-state index in [1.165, 1.54) is 7.11 Å². The molecule has 5 nitrogen and oxygen atoms in total. The van der Waals surface area contributed by atoms with E-state index in [1.54, 1.807) is 30.8 Å². The molecule has 1 rings (SSSR count). The van der Waals surface area contributed by atoms with E-state index in [0.717, 1.165) is 12.8 Å². The van der Waals surface area contributed by atoms with Crippen LogP contribution < -0.4 is 0 Å². The average Bonchev–Trinajstić information content (AvgIpc) is 2.36. The standard InChI is InChI=1S/C12H22N2O3/c1-9(17-4)11(15)14-7-5-10(6-8-14)12(16)13(2)3/h9-10H,5-8H2,1-4H3. The fraction of sp³-hybridized carbons (Fsp3) is 0.833. The Morgan fingerprint density at radius 1 is 1.29 bits per heavy atom. The van der Waals surface area contributed by atoms with E-state index >= 15 is 0 Å². The highest BCUT2D eigenvalue weighted by Gasteiger charge is 2.29. The molecule has 17 heavy (non-hydrogen) atoms. The highest BCUT2D eigenvalue weighted by Crippen LogP contribution is 2.19. The number of methoxy groups -OCH3 is 1. The second-order valence-electron chi connectivity index (χ2n) is 4.71. The first kappa shape index (κ1) is 14.0. The Morgan fingerprint density at radius 2 is 1.82 bits per heavy atom. The van der Waals surface area contributed by atoms with Gasteiger partial charge in [0.05, 0.1) is 0 Å². The van der Waals surface area contributed by atoms with Gasteiger partial charge in [0.15, 0.2) is 0 Å². The molecule has 1 fully saturated rings. The number of likely N-dealkylation sites (tertiary alicyclic amines) is 1. The summed E-state index contributed by atoms with van der Waals surface area (Å²) >= 11 is 0. The third-order valence-electron chi connectivity index (χ3n) is 3.30. The number of ether oxygens (including phenoxy) is 1. The van der Waals surface area contributed by atoms with Gasteiger partial charge in [0.1, 0.15) is 6.10 Å². The molecule has 0 saturated carbocycles. The molecule has 0 aliphatic carbocycles. The molecule has 2 amide bonds. The molecule has 0 bridgehead atoms. The number of carbonyl (C=O) groups is 2. The number of rotatable bonds is 3. The summed E-state index contributed by atoms with van der Waals surface area (Å²) in [6.07, 6.45) is 1.11. The summed E-state index contributed by atoms with van der Waals surface area (Å²) in [4.78, 5) is 27.0. The first-order valence-corrected chi connectivity index (χ1v) is 6.00. The van der Waals surface area contributed by atoms with E-state index in [4.69, 9.17) is 4.74 Å². The van der Waals surface area contributed by atoms with Gasteiger partial charge >= 0.3 is 0 Å². The third-order valence-corrected chi connectivity index (χ3v) is 3.30. The maximum Gasteiger partial charge on any atom is 0.251 e. The van der Waals surface area contributed by atoms with Gasteiger partial charge in [0, 0.05) is 40.2 Å². The Morgan fingerprint density at radius 3 is 2.24 bits per heavy atom. The van der Waals surface area contributed by atoms with Gasteiger partial charge in [-0.15, -0.1) is 0 Å². The van der Waals surface area contributed by atoms with Crippen LogP contribution in [0.4, 0.5) is 0 Å². The van der Waals surface area contributed by atoms with Crippen molar-refractivity contribution in [3.8, 4) is 0 Å². The van der Waals surface area contributed by atoms with Crippen LogP contribution in [0, 0.1) is 5.92 Å². The second-order valence-corrected chi connectivity index (χ2v) is 4.71. The Hall–Kier alpha value is -1.10. The summed E-state index contributed by atoms with van der Waals surface area (Å²) in [5, 5.41) is 0. The van der Waals surface area contributed by atoms with Gasteiger partial charge in [-0.05, 0) is 19.8 Å². The molecule has 1 unspecified atom stereocenters. The molecule has 0 spiro atoms. The fourth-order valence-electron chi connectivity index (χ4n) is 2.07. The molecular weight excluding hydrogens is 220 g/mol. The SMILES string of the molecule is COC(C)C(=O)N1CCC(C(=O)N(C)C)CC1. The molecule has 98 valence electrons. The van der Waals surface area contributed by atoms with Gasteiger partial charge in [-0.25, -0.2) is 0 Å².